The number of hydrogen-bond donors (Lipinski definition) is 1. The van der Waals surface area contributed by atoms with Crippen molar-refractivity contribution in [1.82, 2.24) is 0 Å². The van der Waals surface area contributed by atoms with E-state index in [1.165, 1.54) is 0 Å². The van der Waals surface area contributed by atoms with Crippen molar-refractivity contribution in [2.24, 2.45) is 0 Å². The molecule has 0 bridgehead atoms. The monoisotopic (exact) mass is 238 g/mol. The zero-order valence-corrected chi connectivity index (χ0v) is 9.91. The molecule has 0 aromatic heterocycles. The summed E-state index contributed by atoms with van der Waals surface area (Å²) in [6, 6.07) is 17.4. The minimum Gasteiger partial charge on any atom is -0.461 e. The summed E-state index contributed by atoms with van der Waals surface area (Å²) in [7, 11) is 0. The van der Waals surface area contributed by atoms with Gasteiger partial charge >= 0.3 is 0 Å². The Balaban J connectivity index is 2.06. The van der Waals surface area contributed by atoms with Crippen LogP contribution in [-0.4, -0.2) is 5.11 Å². The molecule has 0 aliphatic carbocycles. The fourth-order valence-electron chi connectivity index (χ4n) is 2.41. The average Bonchev–Trinajstić information content (AvgIpc) is 2.40. The van der Waals surface area contributed by atoms with E-state index in [1.807, 2.05) is 54.6 Å². The molecule has 3 rings (SSSR count). The van der Waals surface area contributed by atoms with Gasteiger partial charge < -0.3 is 9.84 Å². The van der Waals surface area contributed by atoms with Gasteiger partial charge in [-0.3, -0.25) is 0 Å². The Bertz CT molecular complexity index is 575. The van der Waals surface area contributed by atoms with E-state index in [9.17, 15) is 5.11 Å². The summed E-state index contributed by atoms with van der Waals surface area (Å²) in [6.45, 7) is 3.94. The van der Waals surface area contributed by atoms with E-state index >= 15 is 0 Å². The molecular formula is C16H14O2. The van der Waals surface area contributed by atoms with E-state index in [-0.39, 0.29) is 5.92 Å². The zero-order chi connectivity index (χ0) is 12.5. The van der Waals surface area contributed by atoms with Crippen molar-refractivity contribution >= 4 is 0 Å². The van der Waals surface area contributed by atoms with Crippen molar-refractivity contribution in [3.05, 3.63) is 78.1 Å². The SMILES string of the molecule is C=C1Oc2ccccc2[C@H](O)[C@H]1c1ccccc1. The highest BCUT2D eigenvalue weighted by atomic mass is 16.5. The Labute approximate surface area is 106 Å². The molecule has 1 N–H and O–H groups in total. The second-order valence-electron chi connectivity index (χ2n) is 4.44. The normalized spacial score (nSPS) is 22.2. The van der Waals surface area contributed by atoms with Crippen LogP contribution in [0.2, 0.25) is 0 Å². The van der Waals surface area contributed by atoms with Crippen molar-refractivity contribution in [3.63, 3.8) is 0 Å². The second-order valence-corrected chi connectivity index (χ2v) is 4.44. The number of ether oxygens (including phenoxy) is 1. The molecule has 2 nitrogen and oxygen atoms in total. The summed E-state index contributed by atoms with van der Waals surface area (Å²) in [5.41, 5.74) is 1.84. The van der Waals surface area contributed by atoms with E-state index in [1.54, 1.807) is 0 Å². The summed E-state index contributed by atoms with van der Waals surface area (Å²) in [4.78, 5) is 0. The predicted octanol–water partition coefficient (Wildman–Crippen LogP) is 3.41. The van der Waals surface area contributed by atoms with Gasteiger partial charge in [-0.15, -0.1) is 0 Å². The number of rotatable bonds is 1. The summed E-state index contributed by atoms with van der Waals surface area (Å²) in [5.74, 6) is 1.08. The first-order valence-corrected chi connectivity index (χ1v) is 5.96. The Morgan fingerprint density at radius 3 is 2.39 bits per heavy atom. The van der Waals surface area contributed by atoms with E-state index in [0.29, 0.717) is 11.5 Å². The second kappa shape index (κ2) is 4.31. The van der Waals surface area contributed by atoms with Gasteiger partial charge in [0.1, 0.15) is 11.5 Å². The van der Waals surface area contributed by atoms with Crippen LogP contribution in [0.15, 0.2) is 66.9 Å². The standard InChI is InChI=1S/C16H14O2/c1-11-15(12-7-3-2-4-8-12)16(17)13-9-5-6-10-14(13)18-11/h2-10,15-17H,1H2/t15-,16+/m1/s1. The molecule has 2 aromatic rings. The van der Waals surface area contributed by atoms with Gasteiger partial charge in [-0.2, -0.15) is 0 Å². The highest BCUT2D eigenvalue weighted by molar-refractivity contribution is 5.44. The fraction of sp³-hybridized carbons (Fsp3) is 0.125. The van der Waals surface area contributed by atoms with Crippen LogP contribution in [0, 0.1) is 0 Å². The summed E-state index contributed by atoms with van der Waals surface area (Å²) < 4.78 is 5.71. The van der Waals surface area contributed by atoms with Crippen LogP contribution < -0.4 is 4.74 Å². The van der Waals surface area contributed by atoms with Crippen LogP contribution in [0.1, 0.15) is 23.1 Å². The van der Waals surface area contributed by atoms with Gasteiger partial charge in [-0.1, -0.05) is 55.1 Å². The number of aliphatic hydroxyl groups is 1. The van der Waals surface area contributed by atoms with Crippen molar-refractivity contribution in [2.75, 3.05) is 0 Å². The molecule has 1 aliphatic rings. The maximum absolute atomic E-state index is 10.5. The lowest BCUT2D eigenvalue weighted by atomic mass is 9.86. The molecule has 90 valence electrons. The van der Waals surface area contributed by atoms with Crippen molar-refractivity contribution in [3.8, 4) is 5.75 Å². The summed E-state index contributed by atoms with van der Waals surface area (Å²) in [5, 5.41) is 10.5. The van der Waals surface area contributed by atoms with Crippen LogP contribution in [0.3, 0.4) is 0 Å². The Kier molecular flexibility index (Phi) is 2.65. The minimum atomic E-state index is -0.607. The van der Waals surface area contributed by atoms with Gasteiger partial charge in [-0.25, -0.2) is 0 Å². The van der Waals surface area contributed by atoms with Gasteiger partial charge in [0, 0.05) is 5.56 Å². The molecule has 2 aromatic carbocycles. The first-order valence-electron chi connectivity index (χ1n) is 5.96. The van der Waals surface area contributed by atoms with Crippen molar-refractivity contribution in [1.29, 1.82) is 0 Å². The molecule has 0 fully saturated rings. The molecule has 0 amide bonds. The first-order chi connectivity index (χ1) is 8.77. The van der Waals surface area contributed by atoms with Gasteiger partial charge in [0.2, 0.25) is 0 Å². The third-order valence-corrected chi connectivity index (χ3v) is 3.30. The van der Waals surface area contributed by atoms with Gasteiger partial charge in [0.25, 0.3) is 0 Å². The third kappa shape index (κ3) is 1.71. The molecule has 1 aliphatic heterocycles. The molecule has 1 heterocycles. The fourth-order valence-corrected chi connectivity index (χ4v) is 2.41. The molecular weight excluding hydrogens is 224 g/mol. The van der Waals surface area contributed by atoms with E-state index in [4.69, 9.17) is 4.74 Å². The lowest BCUT2D eigenvalue weighted by molar-refractivity contribution is 0.121. The quantitative estimate of drug-likeness (QED) is 0.825. The average molecular weight is 238 g/mol. The number of para-hydroxylation sites is 1. The number of benzene rings is 2. The van der Waals surface area contributed by atoms with Gasteiger partial charge in [-0.05, 0) is 11.6 Å². The largest absolute Gasteiger partial charge is 0.461 e. The third-order valence-electron chi connectivity index (χ3n) is 3.30. The lowest BCUT2D eigenvalue weighted by Crippen LogP contribution is -2.21. The van der Waals surface area contributed by atoms with Crippen LogP contribution in [0.4, 0.5) is 0 Å². The predicted molar refractivity (Wildman–Crippen MR) is 70.4 cm³/mol. The van der Waals surface area contributed by atoms with Crippen LogP contribution in [-0.2, 0) is 0 Å². The molecule has 0 radical (unpaired) electrons. The van der Waals surface area contributed by atoms with Crippen molar-refractivity contribution in [2.45, 2.75) is 12.0 Å². The van der Waals surface area contributed by atoms with Crippen LogP contribution in [0.25, 0.3) is 0 Å². The van der Waals surface area contributed by atoms with E-state index in [2.05, 4.69) is 6.58 Å². The van der Waals surface area contributed by atoms with Gasteiger partial charge in [0.05, 0.1) is 12.0 Å². The lowest BCUT2D eigenvalue weighted by Gasteiger charge is -2.31. The van der Waals surface area contributed by atoms with Crippen molar-refractivity contribution < 1.29 is 9.84 Å². The first kappa shape index (κ1) is 11.1. The Hall–Kier alpha value is -2.06. The van der Waals surface area contributed by atoms with E-state index < -0.39 is 6.10 Å². The molecule has 18 heavy (non-hydrogen) atoms. The maximum atomic E-state index is 10.5. The van der Waals surface area contributed by atoms with Crippen LogP contribution in [0.5, 0.6) is 5.75 Å². The van der Waals surface area contributed by atoms with E-state index in [0.717, 1.165) is 11.1 Å². The Morgan fingerprint density at radius 2 is 1.61 bits per heavy atom. The Morgan fingerprint density at radius 1 is 0.944 bits per heavy atom. The molecule has 2 atom stereocenters. The number of hydrogen-bond acceptors (Lipinski definition) is 2. The smallest absolute Gasteiger partial charge is 0.132 e. The molecule has 0 saturated carbocycles. The summed E-state index contributed by atoms with van der Waals surface area (Å²) >= 11 is 0. The number of fused-ring (bicyclic) bond motifs is 1. The molecule has 0 unspecified atom stereocenters. The maximum Gasteiger partial charge on any atom is 0.132 e. The van der Waals surface area contributed by atoms with Crippen LogP contribution >= 0.6 is 0 Å². The minimum absolute atomic E-state index is 0.207. The molecule has 0 saturated heterocycles. The number of aliphatic hydroxyl groups excluding tert-OH is 1. The topological polar surface area (TPSA) is 29.5 Å². The van der Waals surface area contributed by atoms with Gasteiger partial charge in [0.15, 0.2) is 0 Å². The highest BCUT2D eigenvalue weighted by Gasteiger charge is 2.33. The highest BCUT2D eigenvalue weighted by Crippen LogP contribution is 2.44. The summed E-state index contributed by atoms with van der Waals surface area (Å²) in [6.07, 6.45) is -0.607. The molecule has 0 spiro atoms. The molecule has 2 heteroatoms. The zero-order valence-electron chi connectivity index (χ0n) is 9.91.